The number of hydrogen-bond acceptors (Lipinski definition) is 5. The molecule has 1 unspecified atom stereocenters. The minimum absolute atomic E-state index is 0.0519. The van der Waals surface area contributed by atoms with Crippen molar-refractivity contribution in [1.82, 2.24) is 19.2 Å². The molecule has 0 spiro atoms. The maximum Gasteiger partial charge on any atom is 0.251 e. The maximum atomic E-state index is 12.5. The summed E-state index contributed by atoms with van der Waals surface area (Å²) in [6.07, 6.45) is 6.52. The molecule has 2 amide bonds. The van der Waals surface area contributed by atoms with Gasteiger partial charge in [0.15, 0.2) is 10.1 Å². The number of fused-ring (bicyclic) bond motifs is 1. The van der Waals surface area contributed by atoms with Crippen LogP contribution in [0.4, 0.5) is 0 Å². The quantitative estimate of drug-likeness (QED) is 0.746. The van der Waals surface area contributed by atoms with E-state index in [2.05, 4.69) is 4.98 Å². The van der Waals surface area contributed by atoms with Crippen LogP contribution in [-0.4, -0.2) is 69.9 Å². The van der Waals surface area contributed by atoms with Gasteiger partial charge in [-0.2, -0.15) is 0 Å². The van der Waals surface area contributed by atoms with Gasteiger partial charge in [-0.15, -0.1) is 11.3 Å². The minimum atomic E-state index is -0.297. The average Bonchev–Trinajstić information content (AvgIpc) is 3.37. The van der Waals surface area contributed by atoms with E-state index in [-0.39, 0.29) is 17.9 Å². The summed E-state index contributed by atoms with van der Waals surface area (Å²) in [6, 6.07) is 0. The van der Waals surface area contributed by atoms with Gasteiger partial charge in [0.1, 0.15) is 6.10 Å². The Morgan fingerprint density at radius 1 is 1.27 bits per heavy atom. The lowest BCUT2D eigenvalue weighted by Gasteiger charge is -2.35. The molecule has 0 radical (unpaired) electrons. The van der Waals surface area contributed by atoms with Crippen LogP contribution in [0.25, 0.3) is 11.0 Å². The number of thiazole rings is 1. The Balaban J connectivity index is 1.35. The zero-order chi connectivity index (χ0) is 18.1. The van der Waals surface area contributed by atoms with Crippen molar-refractivity contribution in [3.63, 3.8) is 0 Å². The van der Waals surface area contributed by atoms with Crippen LogP contribution in [0.15, 0.2) is 17.7 Å². The van der Waals surface area contributed by atoms with E-state index in [4.69, 9.17) is 16.3 Å². The molecule has 1 atom stereocenters. The lowest BCUT2D eigenvalue weighted by molar-refractivity contribution is -0.144. The molecular formula is C17H19ClN4O3S. The summed E-state index contributed by atoms with van der Waals surface area (Å²) in [5.74, 6) is -0.0357. The van der Waals surface area contributed by atoms with Crippen molar-refractivity contribution in [3.05, 3.63) is 28.5 Å². The highest BCUT2D eigenvalue weighted by molar-refractivity contribution is 7.15. The summed E-state index contributed by atoms with van der Waals surface area (Å²) >= 11 is 7.63. The number of ether oxygens (including phenoxy) is 1. The van der Waals surface area contributed by atoms with E-state index in [0.717, 1.165) is 17.8 Å². The first-order valence-corrected chi connectivity index (χ1v) is 9.87. The van der Waals surface area contributed by atoms with E-state index in [1.807, 2.05) is 16.0 Å². The molecule has 7 nitrogen and oxygen atoms in total. The van der Waals surface area contributed by atoms with Gasteiger partial charge in [-0.05, 0) is 18.9 Å². The smallest absolute Gasteiger partial charge is 0.251 e. The van der Waals surface area contributed by atoms with Crippen molar-refractivity contribution in [2.45, 2.75) is 18.9 Å². The Hall–Kier alpha value is -1.90. The summed E-state index contributed by atoms with van der Waals surface area (Å²) < 4.78 is 7.32. The topological polar surface area (TPSA) is 67.2 Å². The summed E-state index contributed by atoms with van der Waals surface area (Å²) in [4.78, 5) is 33.4. The van der Waals surface area contributed by atoms with Gasteiger partial charge in [0.2, 0.25) is 5.91 Å². The van der Waals surface area contributed by atoms with E-state index >= 15 is 0 Å². The van der Waals surface area contributed by atoms with E-state index in [0.29, 0.717) is 43.6 Å². The number of amides is 2. The van der Waals surface area contributed by atoms with Crippen LogP contribution in [0, 0.1) is 0 Å². The fraction of sp³-hybridized carbons (Fsp3) is 0.471. The molecule has 0 N–H and O–H groups in total. The van der Waals surface area contributed by atoms with Crippen molar-refractivity contribution in [2.24, 2.45) is 0 Å². The van der Waals surface area contributed by atoms with Crippen molar-refractivity contribution in [1.29, 1.82) is 0 Å². The Kier molecular flexibility index (Phi) is 4.97. The molecule has 9 heteroatoms. The standard InChI is InChI=1S/C17H19ClN4O3S/c18-15-12(22-9-11-26-17(22)19-15)3-4-14(23)20-5-7-21(8-6-20)16(24)13-2-1-10-25-13/h3-4,9,11,13H,1-2,5-8,10H2. The van der Waals surface area contributed by atoms with Crippen LogP contribution < -0.4 is 0 Å². The van der Waals surface area contributed by atoms with Gasteiger partial charge in [-0.3, -0.25) is 14.0 Å². The van der Waals surface area contributed by atoms with Gasteiger partial charge < -0.3 is 14.5 Å². The van der Waals surface area contributed by atoms with E-state index in [9.17, 15) is 9.59 Å². The molecule has 26 heavy (non-hydrogen) atoms. The lowest BCUT2D eigenvalue weighted by Crippen LogP contribution is -2.52. The highest BCUT2D eigenvalue weighted by atomic mass is 35.5. The molecular weight excluding hydrogens is 376 g/mol. The number of rotatable bonds is 3. The number of nitrogens with zero attached hydrogens (tertiary/aromatic N) is 4. The van der Waals surface area contributed by atoms with Gasteiger partial charge in [0.25, 0.3) is 5.91 Å². The highest BCUT2D eigenvalue weighted by Crippen LogP contribution is 2.22. The monoisotopic (exact) mass is 394 g/mol. The van der Waals surface area contributed by atoms with Crippen LogP contribution in [0.5, 0.6) is 0 Å². The summed E-state index contributed by atoms with van der Waals surface area (Å²) in [6.45, 7) is 2.79. The third-order valence-electron chi connectivity index (χ3n) is 4.75. The first-order valence-electron chi connectivity index (χ1n) is 8.62. The predicted molar refractivity (Wildman–Crippen MR) is 99.2 cm³/mol. The number of halogens is 1. The number of imidazole rings is 1. The fourth-order valence-corrected chi connectivity index (χ4v) is 4.31. The molecule has 2 fully saturated rings. The second kappa shape index (κ2) is 7.38. The van der Waals surface area contributed by atoms with Gasteiger partial charge in [-0.25, -0.2) is 4.98 Å². The summed E-state index contributed by atoms with van der Waals surface area (Å²) in [7, 11) is 0. The molecule has 138 valence electrons. The molecule has 0 aromatic carbocycles. The van der Waals surface area contributed by atoms with Crippen molar-refractivity contribution < 1.29 is 14.3 Å². The first kappa shape index (κ1) is 17.5. The number of hydrogen-bond donors (Lipinski definition) is 0. The van der Waals surface area contributed by atoms with Crippen LogP contribution in [0.3, 0.4) is 0 Å². The fourth-order valence-electron chi connectivity index (χ4n) is 3.30. The second-order valence-electron chi connectivity index (χ2n) is 6.33. The van der Waals surface area contributed by atoms with E-state index in [1.165, 1.54) is 17.4 Å². The van der Waals surface area contributed by atoms with Crippen LogP contribution >= 0.6 is 22.9 Å². The first-order chi connectivity index (χ1) is 12.6. The number of piperazine rings is 1. The van der Waals surface area contributed by atoms with E-state index < -0.39 is 0 Å². The molecule has 4 rings (SSSR count). The van der Waals surface area contributed by atoms with E-state index in [1.54, 1.807) is 15.9 Å². The Morgan fingerprint density at radius 3 is 2.77 bits per heavy atom. The zero-order valence-electron chi connectivity index (χ0n) is 14.1. The molecule has 2 saturated heterocycles. The number of carbonyl (C=O) groups excluding carboxylic acids is 2. The molecule has 2 aliphatic rings. The van der Waals surface area contributed by atoms with Crippen molar-refractivity contribution in [3.8, 4) is 0 Å². The number of carbonyl (C=O) groups is 2. The third-order valence-corrected chi connectivity index (χ3v) is 5.78. The van der Waals surface area contributed by atoms with Crippen molar-refractivity contribution in [2.75, 3.05) is 32.8 Å². The maximum absolute atomic E-state index is 12.5. The SMILES string of the molecule is O=C(C=Cc1c(Cl)nc2sccn12)N1CCN(C(=O)C2CCCO2)CC1. The Morgan fingerprint density at radius 2 is 2.04 bits per heavy atom. The van der Waals surface area contributed by atoms with Gasteiger partial charge in [-0.1, -0.05) is 11.6 Å². The molecule has 4 heterocycles. The summed E-state index contributed by atoms with van der Waals surface area (Å²) in [5.41, 5.74) is 0.698. The normalized spacial score (nSPS) is 21.2. The third kappa shape index (κ3) is 3.36. The van der Waals surface area contributed by atoms with Crippen LogP contribution in [0.1, 0.15) is 18.5 Å². The molecule has 0 saturated carbocycles. The van der Waals surface area contributed by atoms with Gasteiger partial charge >= 0.3 is 0 Å². The van der Waals surface area contributed by atoms with Gasteiger partial charge in [0.05, 0.1) is 5.69 Å². The summed E-state index contributed by atoms with van der Waals surface area (Å²) in [5, 5.41) is 2.30. The Bertz CT molecular complexity index is 847. The number of aromatic nitrogens is 2. The predicted octanol–water partition coefficient (Wildman–Crippen LogP) is 1.91. The largest absolute Gasteiger partial charge is 0.368 e. The highest BCUT2D eigenvalue weighted by Gasteiger charge is 2.30. The van der Waals surface area contributed by atoms with Crippen LogP contribution in [0.2, 0.25) is 5.15 Å². The molecule has 2 aliphatic heterocycles. The Labute approximate surface area is 159 Å². The van der Waals surface area contributed by atoms with Gasteiger partial charge in [0, 0.05) is 50.4 Å². The molecule has 2 aromatic rings. The molecule has 0 aliphatic carbocycles. The lowest BCUT2D eigenvalue weighted by atomic mass is 10.2. The molecule has 2 aromatic heterocycles. The second-order valence-corrected chi connectivity index (χ2v) is 7.56. The minimum Gasteiger partial charge on any atom is -0.368 e. The molecule has 0 bridgehead atoms. The zero-order valence-corrected chi connectivity index (χ0v) is 15.7. The average molecular weight is 395 g/mol. The van der Waals surface area contributed by atoms with Crippen molar-refractivity contribution >= 4 is 45.8 Å². The van der Waals surface area contributed by atoms with Crippen LogP contribution in [-0.2, 0) is 14.3 Å².